The lowest BCUT2D eigenvalue weighted by Gasteiger charge is -2.61. The van der Waals surface area contributed by atoms with Gasteiger partial charge in [0.2, 0.25) is 5.75 Å². The van der Waals surface area contributed by atoms with E-state index in [0.29, 0.717) is 12.8 Å². The van der Waals surface area contributed by atoms with Gasteiger partial charge in [-0.25, -0.2) is 0 Å². The summed E-state index contributed by atoms with van der Waals surface area (Å²) in [4.78, 5) is 15.0. The quantitative estimate of drug-likeness (QED) is 0.813. The highest BCUT2D eigenvalue weighted by Crippen LogP contribution is 2.64. The molecule has 1 aromatic rings. The van der Waals surface area contributed by atoms with Crippen LogP contribution in [0.3, 0.4) is 0 Å². The van der Waals surface area contributed by atoms with Crippen molar-refractivity contribution in [2.45, 2.75) is 49.2 Å². The molecule has 0 aromatic heterocycles. The molecule has 0 amide bonds. The van der Waals surface area contributed by atoms with Gasteiger partial charge in [-0.3, -0.25) is 9.69 Å². The van der Waals surface area contributed by atoms with Gasteiger partial charge in [-0.15, -0.1) is 0 Å². The molecule has 1 saturated heterocycles. The highest BCUT2D eigenvalue weighted by atomic mass is 16.6. The molecule has 2 aliphatic carbocycles. The van der Waals surface area contributed by atoms with Gasteiger partial charge < -0.3 is 14.6 Å². The predicted octanol–water partition coefficient (Wildman–Crippen LogP) is 1.78. The maximum absolute atomic E-state index is 12.8. The van der Waals surface area contributed by atoms with Crippen molar-refractivity contribution in [3.05, 3.63) is 17.2 Å². The van der Waals surface area contributed by atoms with E-state index >= 15 is 0 Å². The maximum atomic E-state index is 12.8. The lowest BCUT2D eigenvalue weighted by Crippen LogP contribution is -2.75. The molecule has 5 nitrogen and oxygen atoms in total. The Kier molecular flexibility index (Phi) is 2.45. The summed E-state index contributed by atoms with van der Waals surface area (Å²) in [6.45, 7) is 0.903. The van der Waals surface area contributed by atoms with E-state index in [1.54, 1.807) is 7.11 Å². The molecule has 23 heavy (non-hydrogen) atoms. The van der Waals surface area contributed by atoms with Crippen molar-refractivity contribution in [2.75, 3.05) is 20.7 Å². The average Bonchev–Trinajstić information content (AvgIpc) is 3.32. The first-order valence-corrected chi connectivity index (χ1v) is 8.41. The summed E-state index contributed by atoms with van der Waals surface area (Å²) < 4.78 is 11.1. The Hall–Kier alpha value is -1.59. The molecule has 5 heteroatoms. The van der Waals surface area contributed by atoms with Crippen molar-refractivity contribution >= 4 is 5.78 Å². The third-order valence-electron chi connectivity index (χ3n) is 6.67. The van der Waals surface area contributed by atoms with E-state index in [-0.39, 0.29) is 11.8 Å². The molecule has 0 unspecified atom stereocenters. The van der Waals surface area contributed by atoms with Crippen LogP contribution >= 0.6 is 0 Å². The largest absolute Gasteiger partial charge is 0.493 e. The number of methoxy groups -OCH3 is 1. The van der Waals surface area contributed by atoms with E-state index in [2.05, 4.69) is 4.90 Å². The van der Waals surface area contributed by atoms with E-state index in [4.69, 9.17) is 9.47 Å². The Morgan fingerprint density at radius 2 is 2.22 bits per heavy atom. The van der Waals surface area contributed by atoms with Crippen LogP contribution in [0.15, 0.2) is 6.07 Å². The molecule has 2 fully saturated rings. The van der Waals surface area contributed by atoms with Crippen molar-refractivity contribution in [1.82, 2.24) is 4.90 Å². The number of ether oxygens (including phenoxy) is 2. The molecule has 2 bridgehead atoms. The average molecular weight is 315 g/mol. The number of likely N-dealkylation sites (tertiary alicyclic amines) is 1. The summed E-state index contributed by atoms with van der Waals surface area (Å²) in [5.41, 5.74) is 0.503. The van der Waals surface area contributed by atoms with Crippen LogP contribution in [0.2, 0.25) is 0 Å². The number of fused-ring (bicyclic) bond motifs is 3. The first-order valence-electron chi connectivity index (χ1n) is 8.41. The number of carbonyl (C=O) groups excluding carboxylic acids is 1. The monoisotopic (exact) mass is 315 g/mol. The molecule has 1 saturated carbocycles. The first-order chi connectivity index (χ1) is 11.0. The summed E-state index contributed by atoms with van der Waals surface area (Å²) in [6, 6.07) is 1.87. The second-order valence-electron chi connectivity index (χ2n) is 7.44. The van der Waals surface area contributed by atoms with Gasteiger partial charge in [0.25, 0.3) is 0 Å². The second kappa shape index (κ2) is 4.08. The van der Waals surface area contributed by atoms with Crippen LogP contribution in [0.4, 0.5) is 0 Å². The molecule has 3 atom stereocenters. The van der Waals surface area contributed by atoms with Crippen molar-refractivity contribution in [3.8, 4) is 17.2 Å². The minimum absolute atomic E-state index is 0.00992. The minimum atomic E-state index is -1.28. The Labute approximate surface area is 135 Å². The topological polar surface area (TPSA) is 62.3 Å². The van der Waals surface area contributed by atoms with Gasteiger partial charge in [0, 0.05) is 17.4 Å². The number of ketones is 1. The molecule has 2 aliphatic heterocycles. The van der Waals surface area contributed by atoms with Crippen molar-refractivity contribution in [2.24, 2.45) is 0 Å². The molecule has 1 N–H and O–H groups in total. The normalized spacial score (nSPS) is 37.3. The first kappa shape index (κ1) is 13.8. The van der Waals surface area contributed by atoms with Crippen LogP contribution in [0, 0.1) is 0 Å². The zero-order chi connectivity index (χ0) is 16.0. The molecule has 122 valence electrons. The number of nitrogens with zero attached hydrogens (tertiary/aromatic N) is 1. The highest BCUT2D eigenvalue weighted by molar-refractivity contribution is 5.92. The molecule has 1 aromatic carbocycles. The fourth-order valence-electron chi connectivity index (χ4n) is 5.46. The van der Waals surface area contributed by atoms with E-state index in [1.165, 1.54) is 5.56 Å². The molecular formula is C18H21NO4. The van der Waals surface area contributed by atoms with Gasteiger partial charge in [0.05, 0.1) is 13.2 Å². The number of piperidine rings is 1. The second-order valence-corrected chi connectivity index (χ2v) is 7.44. The van der Waals surface area contributed by atoms with Crippen LogP contribution < -0.4 is 9.47 Å². The Balaban J connectivity index is 1.81. The fourth-order valence-corrected chi connectivity index (χ4v) is 5.46. The number of hydrogen-bond acceptors (Lipinski definition) is 5. The lowest BCUT2D eigenvalue weighted by atomic mass is 9.49. The predicted molar refractivity (Wildman–Crippen MR) is 83.3 cm³/mol. The number of likely N-dealkylation sites (N-methyl/N-ethyl adjacent to an activating group) is 1. The van der Waals surface area contributed by atoms with Crippen molar-refractivity contribution in [1.29, 1.82) is 0 Å². The van der Waals surface area contributed by atoms with Crippen molar-refractivity contribution in [3.63, 3.8) is 0 Å². The molecule has 5 rings (SSSR count). The van der Waals surface area contributed by atoms with Crippen LogP contribution in [0.5, 0.6) is 17.2 Å². The summed E-state index contributed by atoms with van der Waals surface area (Å²) >= 11 is 0. The molecular weight excluding hydrogens is 294 g/mol. The Bertz CT molecular complexity index is 745. The maximum Gasteiger partial charge on any atom is 0.212 e. The fraction of sp³-hybridized carbons (Fsp3) is 0.611. The van der Waals surface area contributed by atoms with Gasteiger partial charge >= 0.3 is 0 Å². The van der Waals surface area contributed by atoms with Gasteiger partial charge in [0.15, 0.2) is 17.3 Å². The smallest absolute Gasteiger partial charge is 0.212 e. The molecule has 0 radical (unpaired) electrons. The SMILES string of the molecule is COc1cc2c(c3c1O3)C[C@H]1N(C)CC[C@@]23CCCC(=O)[C@@]13O. The zero-order valence-electron chi connectivity index (χ0n) is 13.5. The van der Waals surface area contributed by atoms with Gasteiger partial charge in [-0.05, 0) is 50.9 Å². The van der Waals surface area contributed by atoms with E-state index in [1.807, 2.05) is 13.1 Å². The standard InChI is InChI=1S/C18H21NO4/c1-19-7-6-17-5-3-4-14(20)18(17,21)13(19)8-10-11(17)9-12(22-2)16-15(10)23-16/h9,13,21H,3-8H2,1-2H3/t13-,17+,18+/m1/s1. The number of benzene rings is 1. The summed E-state index contributed by atoms with van der Waals surface area (Å²) in [7, 11) is 3.65. The Morgan fingerprint density at radius 1 is 1.39 bits per heavy atom. The minimum Gasteiger partial charge on any atom is -0.493 e. The van der Waals surface area contributed by atoms with E-state index in [9.17, 15) is 9.90 Å². The van der Waals surface area contributed by atoms with E-state index < -0.39 is 11.0 Å². The molecule has 0 spiro atoms. The van der Waals surface area contributed by atoms with Crippen LogP contribution in [0.25, 0.3) is 0 Å². The number of carbonyl (C=O) groups is 1. The number of Topliss-reactive ketones (excluding diaryl/α,β-unsaturated/α-hetero) is 1. The van der Waals surface area contributed by atoms with Crippen LogP contribution in [-0.4, -0.2) is 48.1 Å². The van der Waals surface area contributed by atoms with Gasteiger partial charge in [-0.1, -0.05) is 0 Å². The lowest BCUT2D eigenvalue weighted by molar-refractivity contribution is -0.178. The highest BCUT2D eigenvalue weighted by Gasteiger charge is 2.67. The van der Waals surface area contributed by atoms with E-state index in [0.717, 1.165) is 48.6 Å². The van der Waals surface area contributed by atoms with Gasteiger partial charge in [-0.2, -0.15) is 0 Å². The number of hydrogen-bond donors (Lipinski definition) is 1. The van der Waals surface area contributed by atoms with Crippen molar-refractivity contribution < 1.29 is 19.4 Å². The third-order valence-corrected chi connectivity index (χ3v) is 6.67. The summed E-state index contributed by atoms with van der Waals surface area (Å²) in [5.74, 6) is 2.48. The zero-order valence-corrected chi connectivity index (χ0v) is 13.5. The Morgan fingerprint density at radius 3 is 3.00 bits per heavy atom. The van der Waals surface area contributed by atoms with Crippen LogP contribution in [0.1, 0.15) is 36.8 Å². The summed E-state index contributed by atoms with van der Waals surface area (Å²) in [5, 5.41) is 11.6. The molecule has 4 aliphatic rings. The molecule has 2 heterocycles. The summed E-state index contributed by atoms with van der Waals surface area (Å²) in [6.07, 6.45) is 3.65. The van der Waals surface area contributed by atoms with Crippen LogP contribution in [-0.2, 0) is 16.6 Å². The third kappa shape index (κ3) is 1.40. The van der Waals surface area contributed by atoms with Gasteiger partial charge in [0.1, 0.15) is 5.60 Å². The number of rotatable bonds is 1. The number of aliphatic hydroxyl groups is 1.